The highest BCUT2D eigenvalue weighted by atomic mass is 32.1. The van der Waals surface area contributed by atoms with Gasteiger partial charge in [-0.05, 0) is 42.7 Å². The molecule has 1 atom stereocenters. The summed E-state index contributed by atoms with van der Waals surface area (Å²) < 4.78 is 0. The van der Waals surface area contributed by atoms with Crippen molar-refractivity contribution in [2.24, 2.45) is 5.92 Å². The molecule has 1 nitrogen and oxygen atoms in total. The molecule has 1 heterocycles. The molecule has 0 bridgehead atoms. The minimum absolute atomic E-state index is 0.181. The first kappa shape index (κ1) is 7.32. The highest BCUT2D eigenvalue weighted by molar-refractivity contribution is 7.10. The van der Waals surface area contributed by atoms with Crippen molar-refractivity contribution in [3.63, 3.8) is 0 Å². The Morgan fingerprint density at radius 3 is 2.82 bits per heavy atom. The highest BCUT2D eigenvalue weighted by Gasteiger charge is 2.30. The average Bonchev–Trinajstić information content (AvgIpc) is 2.74. The molecule has 1 aliphatic carbocycles. The zero-order chi connectivity index (χ0) is 7.84. The lowest BCUT2D eigenvalue weighted by molar-refractivity contribution is 0.154. The Labute approximate surface area is 70.7 Å². The zero-order valence-corrected chi connectivity index (χ0v) is 7.40. The van der Waals surface area contributed by atoms with E-state index >= 15 is 0 Å². The number of rotatable bonds is 2. The maximum Gasteiger partial charge on any atom is 0.0826 e. The molecule has 0 aliphatic heterocycles. The second-order valence-electron chi connectivity index (χ2n) is 3.27. The van der Waals surface area contributed by atoms with Crippen LogP contribution >= 0.6 is 11.3 Å². The third-order valence-corrected chi connectivity index (χ3v) is 3.04. The first-order valence-corrected chi connectivity index (χ1v) is 4.88. The SMILES string of the molecule is Cc1cc(C(O)C2CC2)cs1. The van der Waals surface area contributed by atoms with Crippen molar-refractivity contribution < 1.29 is 5.11 Å². The summed E-state index contributed by atoms with van der Waals surface area (Å²) in [4.78, 5) is 1.29. The van der Waals surface area contributed by atoms with Crippen LogP contribution in [-0.2, 0) is 0 Å². The fourth-order valence-corrected chi connectivity index (χ4v) is 2.04. The summed E-state index contributed by atoms with van der Waals surface area (Å²) in [6.45, 7) is 2.08. The molecule has 0 amide bonds. The summed E-state index contributed by atoms with van der Waals surface area (Å²) in [7, 11) is 0. The smallest absolute Gasteiger partial charge is 0.0826 e. The van der Waals surface area contributed by atoms with E-state index in [9.17, 15) is 5.11 Å². The quantitative estimate of drug-likeness (QED) is 0.719. The molecule has 1 N–H and O–H groups in total. The van der Waals surface area contributed by atoms with E-state index in [4.69, 9.17) is 0 Å². The summed E-state index contributed by atoms with van der Waals surface area (Å²) in [6.07, 6.45) is 2.23. The summed E-state index contributed by atoms with van der Waals surface area (Å²) in [5.74, 6) is 0.559. The minimum Gasteiger partial charge on any atom is -0.388 e. The summed E-state index contributed by atoms with van der Waals surface area (Å²) in [5.41, 5.74) is 1.12. The van der Waals surface area contributed by atoms with E-state index < -0.39 is 0 Å². The first-order valence-electron chi connectivity index (χ1n) is 4.00. The van der Waals surface area contributed by atoms with Crippen LogP contribution in [0.5, 0.6) is 0 Å². The molecule has 0 saturated heterocycles. The molecule has 11 heavy (non-hydrogen) atoms. The van der Waals surface area contributed by atoms with Gasteiger partial charge in [-0.3, -0.25) is 0 Å². The first-order chi connectivity index (χ1) is 5.27. The van der Waals surface area contributed by atoms with E-state index in [-0.39, 0.29) is 6.10 Å². The van der Waals surface area contributed by atoms with Gasteiger partial charge in [0.25, 0.3) is 0 Å². The second-order valence-corrected chi connectivity index (χ2v) is 4.39. The number of thiophene rings is 1. The van der Waals surface area contributed by atoms with Crippen molar-refractivity contribution in [2.45, 2.75) is 25.9 Å². The van der Waals surface area contributed by atoms with Gasteiger partial charge in [0, 0.05) is 4.88 Å². The molecule has 2 heteroatoms. The Morgan fingerprint density at radius 2 is 2.36 bits per heavy atom. The van der Waals surface area contributed by atoms with Gasteiger partial charge in [-0.1, -0.05) is 0 Å². The fraction of sp³-hybridized carbons (Fsp3) is 0.556. The summed E-state index contributed by atoms with van der Waals surface area (Å²) in [5, 5.41) is 11.7. The van der Waals surface area contributed by atoms with Crippen LogP contribution < -0.4 is 0 Å². The largest absolute Gasteiger partial charge is 0.388 e. The van der Waals surface area contributed by atoms with Crippen LogP contribution in [0.1, 0.15) is 29.4 Å². The molecule has 1 fully saturated rings. The molecule has 0 aromatic carbocycles. The number of hydrogen-bond donors (Lipinski definition) is 1. The highest BCUT2D eigenvalue weighted by Crippen LogP contribution is 2.41. The van der Waals surface area contributed by atoms with Gasteiger partial charge in [0.1, 0.15) is 0 Å². The van der Waals surface area contributed by atoms with E-state index in [0.717, 1.165) is 5.56 Å². The molecular weight excluding hydrogens is 156 g/mol. The molecule has 2 rings (SSSR count). The molecule has 1 unspecified atom stereocenters. The third kappa shape index (κ3) is 1.47. The van der Waals surface area contributed by atoms with Gasteiger partial charge in [0.15, 0.2) is 0 Å². The lowest BCUT2D eigenvalue weighted by atomic mass is 10.1. The Bertz CT molecular complexity index is 250. The van der Waals surface area contributed by atoms with Gasteiger partial charge in [0.05, 0.1) is 6.10 Å². The zero-order valence-electron chi connectivity index (χ0n) is 6.58. The van der Waals surface area contributed by atoms with Gasteiger partial charge in [-0.25, -0.2) is 0 Å². The van der Waals surface area contributed by atoms with E-state index in [1.807, 2.05) is 0 Å². The van der Waals surface area contributed by atoms with Crippen LogP contribution in [0.15, 0.2) is 11.4 Å². The minimum atomic E-state index is -0.181. The molecule has 60 valence electrons. The maximum absolute atomic E-state index is 9.68. The number of aryl methyl sites for hydroxylation is 1. The number of aliphatic hydroxyl groups excluding tert-OH is 1. The average molecular weight is 168 g/mol. The van der Waals surface area contributed by atoms with Crippen LogP contribution in [0.2, 0.25) is 0 Å². The molecule has 0 radical (unpaired) electrons. The molecule has 1 aromatic rings. The Kier molecular flexibility index (Phi) is 1.74. The monoisotopic (exact) mass is 168 g/mol. The van der Waals surface area contributed by atoms with Crippen molar-refractivity contribution in [1.29, 1.82) is 0 Å². The van der Waals surface area contributed by atoms with Gasteiger partial charge < -0.3 is 5.11 Å². The van der Waals surface area contributed by atoms with E-state index in [1.165, 1.54) is 17.7 Å². The predicted octanol–water partition coefficient (Wildman–Crippen LogP) is 2.50. The second kappa shape index (κ2) is 2.61. The molecule has 1 aromatic heterocycles. The standard InChI is InChI=1S/C9H12OS/c1-6-4-8(5-11-6)9(10)7-2-3-7/h4-5,7,9-10H,2-3H2,1H3. The number of hydrogen-bond acceptors (Lipinski definition) is 2. The van der Waals surface area contributed by atoms with Crippen molar-refractivity contribution in [1.82, 2.24) is 0 Å². The fourth-order valence-electron chi connectivity index (χ4n) is 1.30. The van der Waals surface area contributed by atoms with Crippen molar-refractivity contribution in [3.8, 4) is 0 Å². The Hall–Kier alpha value is -0.340. The molecule has 1 saturated carbocycles. The predicted molar refractivity (Wildman–Crippen MR) is 46.7 cm³/mol. The number of aliphatic hydroxyl groups is 1. The van der Waals surface area contributed by atoms with Crippen molar-refractivity contribution in [3.05, 3.63) is 21.9 Å². The lowest BCUT2D eigenvalue weighted by Crippen LogP contribution is -1.96. The lowest BCUT2D eigenvalue weighted by Gasteiger charge is -2.04. The summed E-state index contributed by atoms with van der Waals surface area (Å²) >= 11 is 1.72. The molecule has 0 spiro atoms. The van der Waals surface area contributed by atoms with E-state index in [1.54, 1.807) is 11.3 Å². The maximum atomic E-state index is 9.68. The van der Waals surface area contributed by atoms with Crippen molar-refractivity contribution in [2.75, 3.05) is 0 Å². The van der Waals surface area contributed by atoms with E-state index in [2.05, 4.69) is 18.4 Å². The van der Waals surface area contributed by atoms with Gasteiger partial charge >= 0.3 is 0 Å². The van der Waals surface area contributed by atoms with Gasteiger partial charge in [-0.2, -0.15) is 0 Å². The van der Waals surface area contributed by atoms with E-state index in [0.29, 0.717) is 5.92 Å². The topological polar surface area (TPSA) is 20.2 Å². The van der Waals surface area contributed by atoms with Crippen molar-refractivity contribution >= 4 is 11.3 Å². The van der Waals surface area contributed by atoms with Gasteiger partial charge in [0.2, 0.25) is 0 Å². The van der Waals surface area contributed by atoms with Crippen LogP contribution in [0.25, 0.3) is 0 Å². The normalized spacial score (nSPS) is 20.2. The van der Waals surface area contributed by atoms with Crippen LogP contribution in [0.3, 0.4) is 0 Å². The van der Waals surface area contributed by atoms with Crippen LogP contribution in [0.4, 0.5) is 0 Å². The van der Waals surface area contributed by atoms with Gasteiger partial charge in [-0.15, -0.1) is 11.3 Å². The Morgan fingerprint density at radius 1 is 1.64 bits per heavy atom. The molecule has 1 aliphatic rings. The Balaban J connectivity index is 2.14. The summed E-state index contributed by atoms with van der Waals surface area (Å²) in [6, 6.07) is 2.09. The van der Waals surface area contributed by atoms with Crippen LogP contribution in [-0.4, -0.2) is 5.11 Å². The van der Waals surface area contributed by atoms with Crippen LogP contribution in [0, 0.1) is 12.8 Å². The molecular formula is C9H12OS. The third-order valence-electron chi connectivity index (χ3n) is 2.16.